The highest BCUT2D eigenvalue weighted by Crippen LogP contribution is 2.37. The zero-order valence-electron chi connectivity index (χ0n) is 19.8. The van der Waals surface area contributed by atoms with Gasteiger partial charge in [0.05, 0.1) is 28.2 Å². The molecule has 6 nitrogen and oxygen atoms in total. The van der Waals surface area contributed by atoms with E-state index < -0.39 is 0 Å². The molecular weight excluding hydrogens is 593 g/mol. The molecule has 0 N–H and O–H groups in total. The summed E-state index contributed by atoms with van der Waals surface area (Å²) in [5, 5.41) is 4.97. The van der Waals surface area contributed by atoms with Gasteiger partial charge in [0.2, 0.25) is 0 Å². The first-order chi connectivity index (χ1) is 17.4. The molecule has 0 saturated heterocycles. The molecule has 9 heteroatoms. The summed E-state index contributed by atoms with van der Waals surface area (Å²) in [4.78, 5) is 17.9. The Balaban J connectivity index is 1.70. The first-order valence-corrected chi connectivity index (χ1v) is 13.1. The van der Waals surface area contributed by atoms with E-state index in [0.717, 1.165) is 10.9 Å². The van der Waals surface area contributed by atoms with Crippen LogP contribution in [0.1, 0.15) is 37.2 Å². The van der Waals surface area contributed by atoms with Crippen molar-refractivity contribution in [1.82, 2.24) is 9.66 Å². The first-order valence-electron chi connectivity index (χ1n) is 11.5. The van der Waals surface area contributed by atoms with Gasteiger partial charge in [0.15, 0.2) is 11.5 Å². The summed E-state index contributed by atoms with van der Waals surface area (Å²) in [5.41, 5.74) is 1.52. The lowest BCUT2D eigenvalue weighted by molar-refractivity contribution is 0.264. The Morgan fingerprint density at radius 1 is 1.08 bits per heavy atom. The second-order valence-electron chi connectivity index (χ2n) is 7.94. The summed E-state index contributed by atoms with van der Waals surface area (Å²) in [6.07, 6.45) is 3.01. The first kappa shape index (κ1) is 26.0. The van der Waals surface area contributed by atoms with Gasteiger partial charge in [-0.3, -0.25) is 4.79 Å². The second kappa shape index (κ2) is 11.8. The van der Waals surface area contributed by atoms with E-state index in [1.54, 1.807) is 42.6 Å². The van der Waals surface area contributed by atoms with E-state index in [2.05, 4.69) is 41.9 Å². The minimum atomic E-state index is -0.334. The minimum absolute atomic E-state index is 0.0485. The van der Waals surface area contributed by atoms with Gasteiger partial charge in [-0.05, 0) is 71.2 Å². The molecule has 0 spiro atoms. The maximum absolute atomic E-state index is 14.0. The monoisotopic (exact) mass is 615 g/mol. The molecule has 36 heavy (non-hydrogen) atoms. The maximum atomic E-state index is 14.0. The Morgan fingerprint density at radius 2 is 1.89 bits per heavy atom. The second-order valence-corrected chi connectivity index (χ2v) is 9.71. The molecule has 0 aliphatic carbocycles. The van der Waals surface area contributed by atoms with Crippen molar-refractivity contribution in [3.8, 4) is 11.5 Å². The molecule has 4 rings (SSSR count). The summed E-state index contributed by atoms with van der Waals surface area (Å²) in [7, 11) is 0. The van der Waals surface area contributed by atoms with Crippen LogP contribution in [0.25, 0.3) is 10.9 Å². The van der Waals surface area contributed by atoms with Crippen LogP contribution in [0.3, 0.4) is 0 Å². The Labute approximate surface area is 225 Å². The van der Waals surface area contributed by atoms with Crippen molar-refractivity contribution in [2.45, 2.75) is 33.3 Å². The number of ether oxygens (including phenoxy) is 2. The van der Waals surface area contributed by atoms with E-state index in [0.29, 0.717) is 56.9 Å². The molecule has 0 bridgehead atoms. The quantitative estimate of drug-likeness (QED) is 0.192. The fraction of sp³-hybridized carbons (Fsp3) is 0.222. The SMILES string of the molecule is CCCc1nc2ccc(Br)cc2c(=O)n1N=Cc1cc(Br)c(OCc2ccccc2F)c(OCC)c1. The predicted octanol–water partition coefficient (Wildman–Crippen LogP) is 6.87. The van der Waals surface area contributed by atoms with Gasteiger partial charge in [0.1, 0.15) is 18.2 Å². The van der Waals surface area contributed by atoms with Crippen LogP contribution >= 0.6 is 31.9 Å². The van der Waals surface area contributed by atoms with Crippen LogP contribution in [0.5, 0.6) is 11.5 Å². The van der Waals surface area contributed by atoms with Crippen LogP contribution in [-0.4, -0.2) is 22.5 Å². The van der Waals surface area contributed by atoms with E-state index in [1.165, 1.54) is 10.7 Å². The number of aryl methyl sites for hydroxylation is 1. The van der Waals surface area contributed by atoms with Gasteiger partial charge in [-0.15, -0.1) is 0 Å². The van der Waals surface area contributed by atoms with Gasteiger partial charge in [0, 0.05) is 16.5 Å². The fourth-order valence-corrected chi connectivity index (χ4v) is 4.59. The van der Waals surface area contributed by atoms with Crippen molar-refractivity contribution >= 4 is 49.0 Å². The van der Waals surface area contributed by atoms with E-state index in [9.17, 15) is 9.18 Å². The van der Waals surface area contributed by atoms with E-state index >= 15 is 0 Å². The number of rotatable bonds is 9. The molecule has 1 heterocycles. The Bertz CT molecular complexity index is 1490. The van der Waals surface area contributed by atoms with Crippen molar-refractivity contribution in [2.24, 2.45) is 5.10 Å². The third kappa shape index (κ3) is 5.84. The number of hydrogen-bond donors (Lipinski definition) is 0. The molecule has 3 aromatic carbocycles. The Hall–Kier alpha value is -3.04. The lowest BCUT2D eigenvalue weighted by Gasteiger charge is -2.15. The minimum Gasteiger partial charge on any atom is -0.490 e. The largest absolute Gasteiger partial charge is 0.490 e. The van der Waals surface area contributed by atoms with Crippen molar-refractivity contribution in [1.29, 1.82) is 0 Å². The number of aromatic nitrogens is 2. The zero-order chi connectivity index (χ0) is 25.7. The Kier molecular flexibility index (Phi) is 8.53. The number of fused-ring (bicyclic) bond motifs is 1. The lowest BCUT2D eigenvalue weighted by Crippen LogP contribution is -2.22. The van der Waals surface area contributed by atoms with Crippen LogP contribution in [-0.2, 0) is 13.0 Å². The number of benzene rings is 3. The summed E-state index contributed by atoms with van der Waals surface area (Å²) in [6.45, 7) is 4.35. The maximum Gasteiger partial charge on any atom is 0.282 e. The van der Waals surface area contributed by atoms with Gasteiger partial charge < -0.3 is 9.47 Å². The van der Waals surface area contributed by atoms with E-state index in [4.69, 9.17) is 9.47 Å². The third-order valence-corrected chi connectivity index (χ3v) is 6.42. The number of hydrogen-bond acceptors (Lipinski definition) is 5. The highest BCUT2D eigenvalue weighted by atomic mass is 79.9. The smallest absolute Gasteiger partial charge is 0.282 e. The normalized spacial score (nSPS) is 11.4. The molecular formula is C27H24Br2FN3O3. The average molecular weight is 617 g/mol. The van der Waals surface area contributed by atoms with Gasteiger partial charge in [-0.25, -0.2) is 9.37 Å². The van der Waals surface area contributed by atoms with Crippen LogP contribution in [0.4, 0.5) is 4.39 Å². The summed E-state index contributed by atoms with van der Waals surface area (Å²) in [5.74, 6) is 1.19. The van der Waals surface area contributed by atoms with Crippen LogP contribution in [0.2, 0.25) is 0 Å². The van der Waals surface area contributed by atoms with Crippen LogP contribution < -0.4 is 15.0 Å². The van der Waals surface area contributed by atoms with Crippen LogP contribution in [0.15, 0.2) is 73.4 Å². The molecule has 0 aliphatic rings. The highest BCUT2D eigenvalue weighted by molar-refractivity contribution is 9.10. The molecule has 0 aliphatic heterocycles. The van der Waals surface area contributed by atoms with Crippen molar-refractivity contribution in [3.63, 3.8) is 0 Å². The zero-order valence-corrected chi connectivity index (χ0v) is 23.0. The molecule has 1 aromatic heterocycles. The number of nitrogens with zero attached hydrogens (tertiary/aromatic N) is 3. The molecule has 0 radical (unpaired) electrons. The topological polar surface area (TPSA) is 65.7 Å². The highest BCUT2D eigenvalue weighted by Gasteiger charge is 2.14. The standard InChI is InChI=1S/C27H24Br2FN3O3/c1-3-7-25-32-23-11-10-19(28)14-20(23)27(34)33(25)31-15-17-12-21(29)26(24(13-17)35-4-2)36-16-18-8-5-6-9-22(18)30/h5-6,8-15H,3-4,7,16H2,1-2H3. The van der Waals surface area contributed by atoms with Crippen molar-refractivity contribution in [2.75, 3.05) is 6.61 Å². The molecule has 0 fully saturated rings. The van der Waals surface area contributed by atoms with Gasteiger partial charge in [-0.1, -0.05) is 41.1 Å². The lowest BCUT2D eigenvalue weighted by atomic mass is 10.2. The number of halogens is 3. The van der Waals surface area contributed by atoms with E-state index in [1.807, 2.05) is 26.0 Å². The summed E-state index contributed by atoms with van der Waals surface area (Å²) >= 11 is 6.95. The van der Waals surface area contributed by atoms with Gasteiger partial charge in [0.25, 0.3) is 5.56 Å². The molecule has 0 unspecified atom stereocenters. The predicted molar refractivity (Wildman–Crippen MR) is 147 cm³/mol. The molecule has 0 saturated carbocycles. The summed E-state index contributed by atoms with van der Waals surface area (Å²) in [6, 6.07) is 15.5. The molecule has 186 valence electrons. The molecule has 0 atom stereocenters. The third-order valence-electron chi connectivity index (χ3n) is 5.33. The van der Waals surface area contributed by atoms with E-state index in [-0.39, 0.29) is 18.0 Å². The van der Waals surface area contributed by atoms with Gasteiger partial charge in [-0.2, -0.15) is 9.78 Å². The van der Waals surface area contributed by atoms with Crippen molar-refractivity contribution in [3.05, 3.63) is 96.7 Å². The summed E-state index contributed by atoms with van der Waals surface area (Å²) < 4.78 is 28.5. The fourth-order valence-electron chi connectivity index (χ4n) is 3.65. The average Bonchev–Trinajstić information content (AvgIpc) is 2.85. The van der Waals surface area contributed by atoms with Crippen LogP contribution in [0, 0.1) is 5.82 Å². The van der Waals surface area contributed by atoms with Gasteiger partial charge >= 0.3 is 0 Å². The van der Waals surface area contributed by atoms with Crippen molar-refractivity contribution < 1.29 is 13.9 Å². The molecule has 0 amide bonds. The Morgan fingerprint density at radius 3 is 2.64 bits per heavy atom. The molecule has 4 aromatic rings.